The van der Waals surface area contributed by atoms with Gasteiger partial charge in [0.2, 0.25) is 0 Å². The Labute approximate surface area is 111 Å². The van der Waals surface area contributed by atoms with Crippen molar-refractivity contribution in [1.82, 2.24) is 4.90 Å². The lowest BCUT2D eigenvalue weighted by Gasteiger charge is -2.18. The summed E-state index contributed by atoms with van der Waals surface area (Å²) in [4.78, 5) is 24.7. The highest BCUT2D eigenvalue weighted by Gasteiger charge is 2.24. The number of carbonyl (C=O) groups excluding carboxylic acids is 1. The number of rotatable bonds is 2. The number of carbonyl (C=O) groups is 2. The van der Waals surface area contributed by atoms with E-state index < -0.39 is 5.97 Å². The van der Waals surface area contributed by atoms with E-state index in [0.29, 0.717) is 24.3 Å². The number of urea groups is 1. The molecule has 1 fully saturated rings. The van der Waals surface area contributed by atoms with Crippen molar-refractivity contribution in [3.63, 3.8) is 0 Å². The number of nitrogens with one attached hydrogen (secondary N) is 1. The fraction of sp³-hybridized carbons (Fsp3) is 0.385. The molecule has 1 atom stereocenters. The number of hydrogen-bond donors (Lipinski definition) is 3. The Morgan fingerprint density at radius 1 is 1.47 bits per heavy atom. The molecule has 1 aliphatic rings. The number of nitrogens with two attached hydrogens (primary N) is 1. The molecule has 1 aromatic rings. The summed E-state index contributed by atoms with van der Waals surface area (Å²) in [6, 6.07) is 4.60. The molecule has 1 heterocycles. The molecule has 0 aliphatic carbocycles. The molecule has 2 amide bonds. The van der Waals surface area contributed by atoms with Gasteiger partial charge in [-0.2, -0.15) is 0 Å². The molecule has 6 nitrogen and oxygen atoms in total. The number of carboxylic acid groups (broad SMARTS) is 1. The van der Waals surface area contributed by atoms with Gasteiger partial charge in [-0.3, -0.25) is 0 Å². The van der Waals surface area contributed by atoms with Crippen LogP contribution in [0.25, 0.3) is 0 Å². The van der Waals surface area contributed by atoms with E-state index in [1.54, 1.807) is 24.0 Å². The summed E-state index contributed by atoms with van der Waals surface area (Å²) in [6.45, 7) is 2.84. The Morgan fingerprint density at radius 3 is 2.79 bits per heavy atom. The van der Waals surface area contributed by atoms with Crippen molar-refractivity contribution in [1.29, 1.82) is 0 Å². The topological polar surface area (TPSA) is 95.7 Å². The Balaban J connectivity index is 2.13. The molecule has 0 aromatic heterocycles. The molecule has 2 rings (SSSR count). The van der Waals surface area contributed by atoms with Gasteiger partial charge in [-0.05, 0) is 31.0 Å². The van der Waals surface area contributed by atoms with Gasteiger partial charge in [0.05, 0.1) is 5.56 Å². The Bertz CT molecular complexity index is 516. The molecule has 4 N–H and O–H groups in total. The molecular formula is C13H17N3O3. The van der Waals surface area contributed by atoms with E-state index in [9.17, 15) is 9.59 Å². The Morgan fingerprint density at radius 2 is 2.21 bits per heavy atom. The van der Waals surface area contributed by atoms with Crippen molar-refractivity contribution in [3.8, 4) is 0 Å². The van der Waals surface area contributed by atoms with Gasteiger partial charge in [-0.1, -0.05) is 6.07 Å². The molecular weight excluding hydrogens is 246 g/mol. The Kier molecular flexibility index (Phi) is 3.71. The average molecular weight is 263 g/mol. The molecule has 0 saturated carbocycles. The minimum absolute atomic E-state index is 0.0252. The van der Waals surface area contributed by atoms with Crippen molar-refractivity contribution in [2.24, 2.45) is 5.73 Å². The molecule has 1 saturated heterocycles. The highest BCUT2D eigenvalue weighted by Crippen LogP contribution is 2.20. The van der Waals surface area contributed by atoms with Crippen molar-refractivity contribution >= 4 is 17.7 Å². The summed E-state index contributed by atoms with van der Waals surface area (Å²) in [5, 5.41) is 11.8. The smallest absolute Gasteiger partial charge is 0.336 e. The van der Waals surface area contributed by atoms with Crippen LogP contribution in [0.4, 0.5) is 10.5 Å². The molecule has 6 heteroatoms. The van der Waals surface area contributed by atoms with E-state index in [0.717, 1.165) is 6.42 Å². The maximum absolute atomic E-state index is 12.0. The molecule has 1 aromatic carbocycles. The van der Waals surface area contributed by atoms with E-state index in [4.69, 9.17) is 10.8 Å². The summed E-state index contributed by atoms with van der Waals surface area (Å²) in [7, 11) is 0. The minimum Gasteiger partial charge on any atom is -0.478 e. The van der Waals surface area contributed by atoms with Crippen LogP contribution in [0, 0.1) is 6.92 Å². The van der Waals surface area contributed by atoms with Crippen LogP contribution < -0.4 is 11.1 Å². The maximum atomic E-state index is 12.0. The summed E-state index contributed by atoms with van der Waals surface area (Å²) in [6.07, 6.45) is 0.793. The number of benzene rings is 1. The van der Waals surface area contributed by atoms with Crippen LogP contribution in [0.2, 0.25) is 0 Å². The second-order valence-corrected chi connectivity index (χ2v) is 4.71. The SMILES string of the molecule is Cc1c(NC(=O)N2CCC(N)C2)cccc1C(=O)O. The minimum atomic E-state index is -1.00. The van der Waals surface area contributed by atoms with Gasteiger partial charge in [-0.15, -0.1) is 0 Å². The Hall–Kier alpha value is -2.08. The number of likely N-dealkylation sites (tertiary alicyclic amines) is 1. The van der Waals surface area contributed by atoms with E-state index in [-0.39, 0.29) is 17.6 Å². The van der Waals surface area contributed by atoms with E-state index >= 15 is 0 Å². The van der Waals surface area contributed by atoms with Gasteiger partial charge in [0, 0.05) is 24.8 Å². The standard InChI is InChI=1S/C13H17N3O3/c1-8-10(12(17)18)3-2-4-11(8)15-13(19)16-6-5-9(14)7-16/h2-4,9H,5-7,14H2,1H3,(H,15,19)(H,17,18). The summed E-state index contributed by atoms with van der Waals surface area (Å²) in [5.41, 5.74) is 7.01. The first-order chi connectivity index (χ1) is 8.99. The van der Waals surface area contributed by atoms with Crippen molar-refractivity contribution in [2.75, 3.05) is 18.4 Å². The number of aromatic carboxylic acids is 1. The van der Waals surface area contributed by atoms with Crippen molar-refractivity contribution in [2.45, 2.75) is 19.4 Å². The molecule has 102 valence electrons. The number of nitrogens with zero attached hydrogens (tertiary/aromatic N) is 1. The lowest BCUT2D eigenvalue weighted by molar-refractivity contribution is 0.0696. The van der Waals surface area contributed by atoms with Crippen LogP contribution in [0.1, 0.15) is 22.3 Å². The van der Waals surface area contributed by atoms with Crippen LogP contribution in [-0.2, 0) is 0 Å². The second-order valence-electron chi connectivity index (χ2n) is 4.71. The number of amides is 2. The number of carboxylic acids is 1. The van der Waals surface area contributed by atoms with Crippen LogP contribution >= 0.6 is 0 Å². The van der Waals surface area contributed by atoms with Gasteiger partial charge in [0.15, 0.2) is 0 Å². The largest absolute Gasteiger partial charge is 0.478 e. The third-order valence-corrected chi connectivity index (χ3v) is 3.32. The van der Waals surface area contributed by atoms with Gasteiger partial charge < -0.3 is 21.1 Å². The highest BCUT2D eigenvalue weighted by atomic mass is 16.4. The number of anilines is 1. The van der Waals surface area contributed by atoms with Crippen LogP contribution in [0.3, 0.4) is 0 Å². The van der Waals surface area contributed by atoms with E-state index in [1.807, 2.05) is 0 Å². The zero-order chi connectivity index (χ0) is 14.0. The average Bonchev–Trinajstić information content (AvgIpc) is 2.78. The fourth-order valence-corrected chi connectivity index (χ4v) is 2.17. The van der Waals surface area contributed by atoms with Gasteiger partial charge in [0.1, 0.15) is 0 Å². The van der Waals surface area contributed by atoms with Crippen molar-refractivity contribution < 1.29 is 14.7 Å². The summed E-state index contributed by atoms with van der Waals surface area (Å²) < 4.78 is 0. The predicted octanol–water partition coefficient (Wildman–Crippen LogP) is 1.26. The molecule has 19 heavy (non-hydrogen) atoms. The lowest BCUT2D eigenvalue weighted by atomic mass is 10.1. The fourth-order valence-electron chi connectivity index (χ4n) is 2.17. The first-order valence-electron chi connectivity index (χ1n) is 6.13. The summed E-state index contributed by atoms with van der Waals surface area (Å²) >= 11 is 0. The van der Waals surface area contributed by atoms with Crippen LogP contribution in [-0.4, -0.2) is 41.1 Å². The van der Waals surface area contributed by atoms with Crippen LogP contribution in [0.5, 0.6) is 0 Å². The molecule has 0 spiro atoms. The normalized spacial score (nSPS) is 18.4. The molecule has 1 unspecified atom stereocenters. The van der Waals surface area contributed by atoms with Crippen LogP contribution in [0.15, 0.2) is 18.2 Å². The van der Waals surface area contributed by atoms with E-state index in [2.05, 4.69) is 5.32 Å². The summed E-state index contributed by atoms with van der Waals surface area (Å²) in [5.74, 6) is -1.00. The van der Waals surface area contributed by atoms with Crippen molar-refractivity contribution in [3.05, 3.63) is 29.3 Å². The monoisotopic (exact) mass is 263 g/mol. The van der Waals surface area contributed by atoms with Gasteiger partial charge in [-0.25, -0.2) is 9.59 Å². The zero-order valence-electron chi connectivity index (χ0n) is 10.7. The van der Waals surface area contributed by atoms with E-state index in [1.165, 1.54) is 6.07 Å². The third kappa shape index (κ3) is 2.85. The first-order valence-corrected chi connectivity index (χ1v) is 6.13. The molecule has 0 bridgehead atoms. The predicted molar refractivity (Wildman–Crippen MR) is 71.3 cm³/mol. The molecule has 1 aliphatic heterocycles. The van der Waals surface area contributed by atoms with Gasteiger partial charge >= 0.3 is 12.0 Å². The first kappa shape index (κ1) is 13.4. The lowest BCUT2D eigenvalue weighted by Crippen LogP contribution is -2.35. The second kappa shape index (κ2) is 5.27. The third-order valence-electron chi connectivity index (χ3n) is 3.32. The highest BCUT2D eigenvalue weighted by molar-refractivity contribution is 5.95. The zero-order valence-corrected chi connectivity index (χ0v) is 10.7. The number of hydrogen-bond acceptors (Lipinski definition) is 3. The van der Waals surface area contributed by atoms with Gasteiger partial charge in [0.25, 0.3) is 0 Å². The maximum Gasteiger partial charge on any atom is 0.336 e. The quantitative estimate of drug-likeness (QED) is 0.748. The molecule has 0 radical (unpaired) electrons.